The van der Waals surface area contributed by atoms with Crippen molar-refractivity contribution in [2.75, 3.05) is 5.73 Å². The Kier molecular flexibility index (Phi) is 3.05. The van der Waals surface area contributed by atoms with Crippen LogP contribution in [0.3, 0.4) is 0 Å². The van der Waals surface area contributed by atoms with Gasteiger partial charge >= 0.3 is 0 Å². The van der Waals surface area contributed by atoms with E-state index in [-0.39, 0.29) is 0 Å². The van der Waals surface area contributed by atoms with Gasteiger partial charge in [0.25, 0.3) is 0 Å². The lowest BCUT2D eigenvalue weighted by atomic mass is 10.0. The predicted octanol–water partition coefficient (Wildman–Crippen LogP) is 3.46. The van der Waals surface area contributed by atoms with Crippen LogP contribution in [0.5, 0.6) is 0 Å². The molecule has 0 saturated heterocycles. The number of halogens is 1. The van der Waals surface area contributed by atoms with Gasteiger partial charge in [-0.1, -0.05) is 29.8 Å². The highest BCUT2D eigenvalue weighted by Crippen LogP contribution is 2.23. The highest BCUT2D eigenvalue weighted by molar-refractivity contribution is 6.31. The molecule has 0 amide bonds. The lowest BCUT2D eigenvalue weighted by Crippen LogP contribution is -1.99. The van der Waals surface area contributed by atoms with Gasteiger partial charge in [0.2, 0.25) is 0 Å². The predicted molar refractivity (Wildman–Crippen MR) is 78.2 cm³/mol. The molecule has 19 heavy (non-hydrogen) atoms. The van der Waals surface area contributed by atoms with Gasteiger partial charge in [-0.2, -0.15) is 0 Å². The lowest BCUT2D eigenvalue weighted by Gasteiger charge is -2.07. The van der Waals surface area contributed by atoms with Crippen molar-refractivity contribution in [2.24, 2.45) is 0 Å². The fourth-order valence-electron chi connectivity index (χ4n) is 2.10. The number of hydrogen-bond donors (Lipinski definition) is 1. The fraction of sp³-hybridized carbons (Fsp3) is 0.0667. The molecule has 1 aromatic heterocycles. The molecule has 3 aromatic rings. The Bertz CT molecular complexity index is 740. The molecule has 0 aliphatic carbocycles. The zero-order valence-corrected chi connectivity index (χ0v) is 10.9. The minimum Gasteiger partial charge on any atom is -0.398 e. The van der Waals surface area contributed by atoms with Crippen LogP contribution in [0.15, 0.2) is 48.8 Å². The van der Waals surface area contributed by atoms with E-state index in [2.05, 4.69) is 9.97 Å². The molecule has 1 heterocycles. The van der Waals surface area contributed by atoms with Gasteiger partial charge in [0.1, 0.15) is 6.33 Å². The first kappa shape index (κ1) is 11.9. The summed E-state index contributed by atoms with van der Waals surface area (Å²) in [4.78, 5) is 8.61. The number of nitrogen functional groups attached to an aromatic ring is 1. The van der Waals surface area contributed by atoms with Gasteiger partial charge in [0.05, 0.1) is 11.2 Å². The molecule has 0 bridgehead atoms. The molecule has 4 heteroatoms. The summed E-state index contributed by atoms with van der Waals surface area (Å²) in [5, 5.41) is 1.66. The molecule has 0 aliphatic rings. The van der Waals surface area contributed by atoms with Gasteiger partial charge in [-0.15, -0.1) is 0 Å². The topological polar surface area (TPSA) is 51.8 Å². The number of anilines is 1. The van der Waals surface area contributed by atoms with E-state index in [1.165, 1.54) is 0 Å². The number of aromatic nitrogens is 2. The zero-order chi connectivity index (χ0) is 13.2. The van der Waals surface area contributed by atoms with E-state index >= 15 is 0 Å². The quantitative estimate of drug-likeness (QED) is 0.725. The molecule has 2 N–H and O–H groups in total. The number of nitrogens with zero attached hydrogens (tertiary/aromatic N) is 2. The van der Waals surface area contributed by atoms with Crippen molar-refractivity contribution in [3.05, 3.63) is 65.1 Å². The first-order valence-corrected chi connectivity index (χ1v) is 6.34. The number of para-hydroxylation sites is 1. The monoisotopic (exact) mass is 269 g/mol. The van der Waals surface area contributed by atoms with Crippen LogP contribution in [0.25, 0.3) is 10.9 Å². The van der Waals surface area contributed by atoms with Crippen LogP contribution in [0, 0.1) is 0 Å². The Hall–Kier alpha value is -2.13. The Morgan fingerprint density at radius 1 is 1.05 bits per heavy atom. The summed E-state index contributed by atoms with van der Waals surface area (Å²) in [5.41, 5.74) is 9.63. The minimum atomic E-state index is 0.673. The highest BCUT2D eigenvalue weighted by atomic mass is 35.5. The van der Waals surface area contributed by atoms with Crippen LogP contribution in [0.4, 0.5) is 5.69 Å². The van der Waals surface area contributed by atoms with Gasteiger partial charge in [-0.3, -0.25) is 0 Å². The zero-order valence-electron chi connectivity index (χ0n) is 10.2. The molecule has 0 fully saturated rings. The van der Waals surface area contributed by atoms with Crippen molar-refractivity contribution in [2.45, 2.75) is 6.42 Å². The molecule has 0 atom stereocenters. The highest BCUT2D eigenvalue weighted by Gasteiger charge is 2.07. The van der Waals surface area contributed by atoms with E-state index in [1.807, 2.05) is 42.5 Å². The van der Waals surface area contributed by atoms with Gasteiger partial charge in [-0.25, -0.2) is 9.97 Å². The largest absolute Gasteiger partial charge is 0.398 e. The van der Waals surface area contributed by atoms with E-state index in [9.17, 15) is 0 Å². The van der Waals surface area contributed by atoms with E-state index in [4.69, 9.17) is 17.3 Å². The second kappa shape index (κ2) is 4.86. The molecule has 0 unspecified atom stereocenters. The lowest BCUT2D eigenvalue weighted by molar-refractivity contribution is 1.06. The molecule has 0 saturated carbocycles. The van der Waals surface area contributed by atoms with Gasteiger partial charge < -0.3 is 5.73 Å². The van der Waals surface area contributed by atoms with Crippen LogP contribution in [0.1, 0.15) is 11.3 Å². The number of nitrogens with two attached hydrogens (primary N) is 1. The van der Waals surface area contributed by atoms with Crippen molar-refractivity contribution in [3.8, 4) is 0 Å². The van der Waals surface area contributed by atoms with Crippen molar-refractivity contribution < 1.29 is 0 Å². The number of rotatable bonds is 2. The van der Waals surface area contributed by atoms with Crippen LogP contribution in [-0.4, -0.2) is 9.97 Å². The van der Waals surface area contributed by atoms with Crippen LogP contribution in [-0.2, 0) is 6.42 Å². The average Bonchev–Trinajstić information content (AvgIpc) is 2.42. The van der Waals surface area contributed by atoms with E-state index in [0.29, 0.717) is 11.4 Å². The number of hydrogen-bond acceptors (Lipinski definition) is 3. The molecule has 3 rings (SSSR count). The van der Waals surface area contributed by atoms with E-state index in [0.717, 1.165) is 27.8 Å². The Balaban J connectivity index is 2.10. The van der Waals surface area contributed by atoms with Gasteiger partial charge in [-0.05, 0) is 29.8 Å². The molecular weight excluding hydrogens is 258 g/mol. The normalized spacial score (nSPS) is 10.8. The molecule has 3 nitrogen and oxygen atoms in total. The summed E-state index contributed by atoms with van der Waals surface area (Å²) in [6, 6.07) is 13.4. The maximum absolute atomic E-state index is 6.04. The Labute approximate surface area is 116 Å². The molecule has 0 spiro atoms. The molecule has 94 valence electrons. The van der Waals surface area contributed by atoms with Gasteiger partial charge in [0, 0.05) is 22.5 Å². The number of fused-ring (bicyclic) bond motifs is 1. The van der Waals surface area contributed by atoms with Crippen molar-refractivity contribution in [3.63, 3.8) is 0 Å². The second-order valence-electron chi connectivity index (χ2n) is 4.36. The average molecular weight is 270 g/mol. The number of benzene rings is 2. The first-order chi connectivity index (χ1) is 9.24. The maximum atomic E-state index is 6.04. The summed E-state index contributed by atoms with van der Waals surface area (Å²) in [6.45, 7) is 0. The van der Waals surface area contributed by atoms with Crippen LogP contribution in [0.2, 0.25) is 5.02 Å². The molecular formula is C15H12ClN3. The maximum Gasteiger partial charge on any atom is 0.116 e. The molecule has 0 aliphatic heterocycles. The summed E-state index contributed by atoms with van der Waals surface area (Å²) < 4.78 is 0. The van der Waals surface area contributed by atoms with Crippen molar-refractivity contribution in [1.82, 2.24) is 9.97 Å². The third-order valence-electron chi connectivity index (χ3n) is 3.09. The third kappa shape index (κ3) is 2.37. The minimum absolute atomic E-state index is 0.673. The summed E-state index contributed by atoms with van der Waals surface area (Å²) in [7, 11) is 0. The van der Waals surface area contributed by atoms with E-state index in [1.54, 1.807) is 6.33 Å². The SMILES string of the molecule is Nc1ccccc1Cc1ncnc2ccc(Cl)cc12. The van der Waals surface area contributed by atoms with Crippen molar-refractivity contribution >= 4 is 28.2 Å². The summed E-state index contributed by atoms with van der Waals surface area (Å²) >= 11 is 6.04. The third-order valence-corrected chi connectivity index (χ3v) is 3.33. The standard InChI is InChI=1S/C15H12ClN3/c16-11-5-6-14-12(8-11)15(19-9-18-14)7-10-3-1-2-4-13(10)17/h1-6,8-9H,7,17H2. The van der Waals surface area contributed by atoms with Crippen LogP contribution < -0.4 is 5.73 Å². The Morgan fingerprint density at radius 3 is 2.74 bits per heavy atom. The second-order valence-corrected chi connectivity index (χ2v) is 4.79. The smallest absolute Gasteiger partial charge is 0.116 e. The van der Waals surface area contributed by atoms with Gasteiger partial charge in [0.15, 0.2) is 0 Å². The summed E-state index contributed by atoms with van der Waals surface area (Å²) in [6.07, 6.45) is 2.25. The van der Waals surface area contributed by atoms with E-state index < -0.39 is 0 Å². The molecule has 2 aromatic carbocycles. The first-order valence-electron chi connectivity index (χ1n) is 5.96. The molecule has 0 radical (unpaired) electrons. The van der Waals surface area contributed by atoms with Crippen LogP contribution >= 0.6 is 11.6 Å². The van der Waals surface area contributed by atoms with Crippen molar-refractivity contribution in [1.29, 1.82) is 0 Å². The summed E-state index contributed by atoms with van der Waals surface area (Å²) in [5.74, 6) is 0. The Morgan fingerprint density at radius 2 is 1.89 bits per heavy atom. The fourth-order valence-corrected chi connectivity index (χ4v) is 2.27.